The average molecular weight is 459 g/mol. The largest absolute Gasteiger partial charge is 0.342 e. The van der Waals surface area contributed by atoms with Gasteiger partial charge in [0.25, 0.3) is 0 Å². The highest BCUT2D eigenvalue weighted by Crippen LogP contribution is 2.33. The maximum atomic E-state index is 14.0. The molecule has 0 spiro atoms. The van der Waals surface area contributed by atoms with Crippen molar-refractivity contribution in [2.75, 3.05) is 0 Å². The van der Waals surface area contributed by atoms with Crippen LogP contribution in [0.25, 0.3) is 5.69 Å². The minimum absolute atomic E-state index is 0.000763. The van der Waals surface area contributed by atoms with Gasteiger partial charge in [-0.3, -0.25) is 9.59 Å². The third-order valence-corrected chi connectivity index (χ3v) is 7.43. The van der Waals surface area contributed by atoms with Crippen molar-refractivity contribution in [1.82, 2.24) is 30.4 Å². The van der Waals surface area contributed by atoms with Crippen molar-refractivity contribution in [2.24, 2.45) is 11.8 Å². The smallest absolute Gasteiger partial charge is 0.246 e. The third kappa shape index (κ3) is 3.97. The predicted molar refractivity (Wildman–Crippen MR) is 127 cm³/mol. The first-order chi connectivity index (χ1) is 16.6. The maximum absolute atomic E-state index is 14.0. The first-order valence-corrected chi connectivity index (χ1v) is 12.1. The van der Waals surface area contributed by atoms with E-state index in [9.17, 15) is 9.59 Å². The Bertz CT molecular complexity index is 1150. The molecule has 176 valence electrons. The van der Waals surface area contributed by atoms with Gasteiger partial charge in [0.2, 0.25) is 11.8 Å². The highest BCUT2D eigenvalue weighted by Gasteiger charge is 2.47. The molecule has 0 unspecified atom stereocenters. The van der Waals surface area contributed by atoms with Gasteiger partial charge in [-0.25, -0.2) is 4.68 Å². The molecule has 1 aliphatic heterocycles. The van der Waals surface area contributed by atoms with E-state index in [1.54, 1.807) is 11.0 Å². The second kappa shape index (κ2) is 9.37. The van der Waals surface area contributed by atoms with Gasteiger partial charge in [0.15, 0.2) is 0 Å². The minimum atomic E-state index is -0.522. The second-order valence-corrected chi connectivity index (χ2v) is 9.29. The van der Waals surface area contributed by atoms with Crippen LogP contribution in [-0.4, -0.2) is 49.0 Å². The van der Waals surface area contributed by atoms with Crippen molar-refractivity contribution < 1.29 is 9.59 Å². The molecule has 3 aromatic rings. The zero-order valence-electron chi connectivity index (χ0n) is 19.6. The molecule has 8 nitrogen and oxygen atoms in total. The van der Waals surface area contributed by atoms with Crippen LogP contribution in [-0.2, 0) is 29.0 Å². The fourth-order valence-corrected chi connectivity index (χ4v) is 5.61. The zero-order valence-corrected chi connectivity index (χ0v) is 19.6. The molecule has 2 aliphatic rings. The number of rotatable bonds is 7. The van der Waals surface area contributed by atoms with Crippen LogP contribution >= 0.6 is 0 Å². The summed E-state index contributed by atoms with van der Waals surface area (Å²) in [5.41, 5.74) is 4.25. The second-order valence-electron chi connectivity index (χ2n) is 9.29. The molecule has 0 bridgehead atoms. The number of nitrogens with zero attached hydrogens (tertiary/aromatic N) is 5. The monoisotopic (exact) mass is 458 g/mol. The van der Waals surface area contributed by atoms with Crippen LogP contribution in [0.5, 0.6) is 0 Å². The Balaban J connectivity index is 1.48. The number of amides is 2. The fraction of sp³-hybridized carbons (Fsp3) is 0.423. The van der Waals surface area contributed by atoms with E-state index < -0.39 is 12.1 Å². The number of aromatic nitrogens is 4. The van der Waals surface area contributed by atoms with E-state index in [-0.39, 0.29) is 23.7 Å². The van der Waals surface area contributed by atoms with Crippen molar-refractivity contribution in [3.8, 4) is 5.69 Å². The molecule has 34 heavy (non-hydrogen) atoms. The highest BCUT2D eigenvalue weighted by molar-refractivity contribution is 5.97. The van der Waals surface area contributed by atoms with E-state index in [1.807, 2.05) is 41.3 Å². The van der Waals surface area contributed by atoms with Gasteiger partial charge < -0.3 is 10.2 Å². The van der Waals surface area contributed by atoms with Crippen molar-refractivity contribution in [3.63, 3.8) is 0 Å². The van der Waals surface area contributed by atoms with Gasteiger partial charge in [-0.15, -0.1) is 5.10 Å². The van der Waals surface area contributed by atoms with Gasteiger partial charge >= 0.3 is 0 Å². The summed E-state index contributed by atoms with van der Waals surface area (Å²) in [5.74, 6) is 0.106. The summed E-state index contributed by atoms with van der Waals surface area (Å²) in [4.78, 5) is 29.3. The first-order valence-electron chi connectivity index (χ1n) is 12.1. The van der Waals surface area contributed by atoms with Gasteiger partial charge in [0, 0.05) is 6.54 Å². The van der Waals surface area contributed by atoms with Crippen molar-refractivity contribution in [1.29, 1.82) is 0 Å². The Labute approximate surface area is 199 Å². The molecule has 1 aromatic heterocycles. The van der Waals surface area contributed by atoms with Crippen LogP contribution in [0.15, 0.2) is 54.9 Å². The number of carbonyl (C=O) groups is 2. The molecule has 2 amide bonds. The van der Waals surface area contributed by atoms with Crippen molar-refractivity contribution in [2.45, 2.75) is 58.2 Å². The Hall–Kier alpha value is -3.55. The number of hydrogen-bond donors (Lipinski definition) is 1. The van der Waals surface area contributed by atoms with Crippen LogP contribution < -0.4 is 5.32 Å². The molecule has 1 fully saturated rings. The molecule has 0 saturated carbocycles. The summed E-state index contributed by atoms with van der Waals surface area (Å²) in [7, 11) is 0. The number of hydrogen-bond acceptors (Lipinski definition) is 5. The van der Waals surface area contributed by atoms with E-state index >= 15 is 0 Å². The van der Waals surface area contributed by atoms with Crippen molar-refractivity contribution >= 4 is 11.8 Å². The molecule has 2 atom stereocenters. The van der Waals surface area contributed by atoms with E-state index in [1.165, 1.54) is 11.1 Å². The summed E-state index contributed by atoms with van der Waals surface area (Å²) in [6, 6.07) is 15.1. The van der Waals surface area contributed by atoms with E-state index in [0.717, 1.165) is 36.9 Å². The Morgan fingerprint density at radius 1 is 1.00 bits per heavy atom. The number of tetrazole rings is 1. The predicted octanol–water partition coefficient (Wildman–Crippen LogP) is 2.71. The topological polar surface area (TPSA) is 93.0 Å². The quantitative estimate of drug-likeness (QED) is 0.588. The first kappa shape index (κ1) is 22.3. The molecule has 1 N–H and O–H groups in total. The Morgan fingerprint density at radius 2 is 1.68 bits per heavy atom. The van der Waals surface area contributed by atoms with Gasteiger partial charge in [0.1, 0.15) is 18.4 Å². The van der Waals surface area contributed by atoms with E-state index in [2.05, 4.69) is 46.8 Å². The molecule has 2 aromatic carbocycles. The Kier molecular flexibility index (Phi) is 6.13. The van der Waals surface area contributed by atoms with Crippen LogP contribution in [0.3, 0.4) is 0 Å². The number of nitrogens with one attached hydrogen (secondary N) is 1. The Morgan fingerprint density at radius 3 is 2.32 bits per heavy atom. The lowest BCUT2D eigenvalue weighted by Crippen LogP contribution is -2.66. The summed E-state index contributed by atoms with van der Waals surface area (Å²) in [6.45, 7) is 4.50. The fourth-order valence-electron chi connectivity index (χ4n) is 5.61. The van der Waals surface area contributed by atoms with Crippen LogP contribution in [0.2, 0.25) is 0 Å². The van der Waals surface area contributed by atoms with Gasteiger partial charge in [-0.1, -0.05) is 69.2 Å². The zero-order chi connectivity index (χ0) is 23.7. The van der Waals surface area contributed by atoms with Crippen LogP contribution in [0.1, 0.15) is 43.4 Å². The minimum Gasteiger partial charge on any atom is -0.342 e. The van der Waals surface area contributed by atoms with E-state index in [0.29, 0.717) is 6.54 Å². The lowest BCUT2D eigenvalue weighted by atomic mass is 9.86. The number of carbonyl (C=O) groups excluding carboxylic acids is 2. The maximum Gasteiger partial charge on any atom is 0.246 e. The molecule has 5 rings (SSSR count). The molecule has 2 heterocycles. The van der Waals surface area contributed by atoms with Gasteiger partial charge in [-0.2, -0.15) is 0 Å². The summed E-state index contributed by atoms with van der Waals surface area (Å²) < 4.78 is 1.60. The normalized spacial score (nSPS) is 20.6. The van der Waals surface area contributed by atoms with Crippen LogP contribution in [0.4, 0.5) is 0 Å². The summed E-state index contributed by atoms with van der Waals surface area (Å²) >= 11 is 0. The molecule has 1 aliphatic carbocycles. The lowest BCUT2D eigenvalue weighted by molar-refractivity contribution is -0.154. The number of fused-ring (bicyclic) bond motifs is 1. The SMILES string of the molecule is CCC(CC)[C@@H]1C(=O)N[C@H](C2Cc3ccccc3C2)C(=O)N1Cc1ccccc1-n1cnnn1. The summed E-state index contributed by atoms with van der Waals surface area (Å²) in [6.07, 6.45) is 4.80. The molecule has 8 heteroatoms. The molecule has 1 saturated heterocycles. The highest BCUT2D eigenvalue weighted by atomic mass is 16.2. The molecule has 0 radical (unpaired) electrons. The van der Waals surface area contributed by atoms with Crippen molar-refractivity contribution in [3.05, 3.63) is 71.5 Å². The summed E-state index contributed by atoms with van der Waals surface area (Å²) in [5, 5.41) is 14.7. The number of piperazine rings is 1. The third-order valence-electron chi connectivity index (χ3n) is 7.43. The standard InChI is InChI=1S/C26H30N6O2/c1-3-17(4-2)24-25(33)28-23(21-13-18-9-5-6-10-19(18)14-21)26(34)31(24)15-20-11-7-8-12-22(20)32-16-27-29-30-32/h5-12,16-17,21,23-24H,3-4,13-15H2,1-2H3,(H,28,33)/t23-,24-/m1/s1. The van der Waals surface area contributed by atoms with E-state index in [4.69, 9.17) is 0 Å². The molecular formula is C26H30N6O2. The average Bonchev–Trinajstić information content (AvgIpc) is 3.54. The lowest BCUT2D eigenvalue weighted by Gasteiger charge is -2.44. The number of benzene rings is 2. The number of para-hydroxylation sites is 1. The molecular weight excluding hydrogens is 428 g/mol. The van der Waals surface area contributed by atoms with Crippen LogP contribution in [0, 0.1) is 11.8 Å². The van der Waals surface area contributed by atoms with Gasteiger partial charge in [-0.05, 0) is 57.9 Å². The van der Waals surface area contributed by atoms with Gasteiger partial charge in [0.05, 0.1) is 5.69 Å².